The number of carbonyl (C=O) groups is 3. The van der Waals surface area contributed by atoms with Crippen LogP contribution >= 0.6 is 11.6 Å². The van der Waals surface area contributed by atoms with Crippen LogP contribution in [0.4, 0.5) is 0 Å². The number of imide groups is 1. The van der Waals surface area contributed by atoms with Crippen molar-refractivity contribution in [2.45, 2.75) is 58.0 Å². The van der Waals surface area contributed by atoms with Gasteiger partial charge in [0.25, 0.3) is 0 Å². The highest BCUT2D eigenvalue weighted by Gasteiger charge is 2.57. The molecule has 3 N–H and O–H groups in total. The van der Waals surface area contributed by atoms with Crippen LogP contribution < -0.4 is 0 Å². The van der Waals surface area contributed by atoms with Gasteiger partial charge in [-0.3, -0.25) is 19.3 Å². The molecular formula is C24H29BClNO7. The van der Waals surface area contributed by atoms with Gasteiger partial charge in [-0.15, -0.1) is 0 Å². The van der Waals surface area contributed by atoms with Gasteiger partial charge in [0.05, 0.1) is 17.9 Å². The van der Waals surface area contributed by atoms with E-state index in [2.05, 4.69) is 0 Å². The zero-order valence-corrected chi connectivity index (χ0v) is 19.8. The smallest absolute Gasteiger partial charge is 0.487 e. The third-order valence-corrected chi connectivity index (χ3v) is 7.66. The number of carboxylic acids is 1. The number of phenols is 1. The van der Waals surface area contributed by atoms with E-state index in [-0.39, 0.29) is 36.4 Å². The van der Waals surface area contributed by atoms with E-state index >= 15 is 0 Å². The number of nitrogens with zero attached hydrogens (tertiary/aromatic N) is 1. The zero-order valence-electron chi connectivity index (χ0n) is 19.1. The van der Waals surface area contributed by atoms with Gasteiger partial charge in [0.1, 0.15) is 5.75 Å². The topological polar surface area (TPSA) is 124 Å². The lowest BCUT2D eigenvalue weighted by Gasteiger charge is -2.42. The van der Waals surface area contributed by atoms with E-state index in [1.54, 1.807) is 6.07 Å². The molecule has 4 rings (SSSR count). The number of likely N-dealkylation sites (tertiary alicyclic amines) is 1. The minimum atomic E-state index is -1.20. The molecule has 3 aliphatic rings. The van der Waals surface area contributed by atoms with Crippen LogP contribution in [0, 0.1) is 17.8 Å². The fraction of sp³-hybridized carbons (Fsp3) is 0.542. The predicted molar refractivity (Wildman–Crippen MR) is 125 cm³/mol. The van der Waals surface area contributed by atoms with E-state index in [1.165, 1.54) is 17.0 Å². The van der Waals surface area contributed by atoms with Crippen molar-refractivity contribution >= 4 is 36.5 Å². The van der Waals surface area contributed by atoms with E-state index in [9.17, 15) is 24.5 Å². The van der Waals surface area contributed by atoms with Crippen molar-refractivity contribution in [2.24, 2.45) is 17.8 Å². The molecule has 1 aromatic rings. The molecule has 10 heteroatoms. The molecule has 2 saturated heterocycles. The molecular weight excluding hydrogens is 461 g/mol. The molecule has 0 saturated carbocycles. The number of phenolic OH excluding ortho intramolecular Hbond substituents is 1. The maximum atomic E-state index is 13.4. The first-order valence-corrected chi connectivity index (χ1v) is 12.2. The highest BCUT2D eigenvalue weighted by atomic mass is 35.5. The fourth-order valence-corrected chi connectivity index (χ4v) is 6.03. The van der Waals surface area contributed by atoms with Crippen molar-refractivity contribution < 1.29 is 34.3 Å². The number of fused-ring (bicyclic) bond motifs is 3. The van der Waals surface area contributed by atoms with Crippen LogP contribution in [0.2, 0.25) is 5.02 Å². The summed E-state index contributed by atoms with van der Waals surface area (Å²) in [6.45, 7) is 2.25. The first-order valence-electron chi connectivity index (χ1n) is 11.8. The van der Waals surface area contributed by atoms with Crippen LogP contribution in [0.3, 0.4) is 0 Å². The van der Waals surface area contributed by atoms with Crippen LogP contribution in [0.5, 0.6) is 5.75 Å². The second kappa shape index (κ2) is 10.1. The van der Waals surface area contributed by atoms with E-state index in [0.717, 1.165) is 5.57 Å². The van der Waals surface area contributed by atoms with Crippen LogP contribution in [-0.4, -0.2) is 51.6 Å². The number of halogens is 1. The summed E-state index contributed by atoms with van der Waals surface area (Å²) in [6, 6.07) is 4.56. The van der Waals surface area contributed by atoms with Crippen molar-refractivity contribution in [3.05, 3.63) is 39.8 Å². The molecule has 0 spiro atoms. The Morgan fingerprint density at radius 1 is 1.21 bits per heavy atom. The van der Waals surface area contributed by atoms with Crippen LogP contribution in [-0.2, 0) is 19.0 Å². The average Bonchev–Trinajstić information content (AvgIpc) is 3.02. The molecule has 0 aromatic heterocycles. The molecule has 34 heavy (non-hydrogen) atoms. The summed E-state index contributed by atoms with van der Waals surface area (Å²) in [6.07, 6.45) is 2.66. The SMILES string of the molecule is CCC1=C2B(O)O[C@H](c3ccc(O)cc3Cl)C[C@H]2[C@H]2C(=O)N(CCCCCC(=O)O)C(=O)[C@H]2C1. The quantitative estimate of drug-likeness (QED) is 0.290. The van der Waals surface area contributed by atoms with Crippen LogP contribution in [0.15, 0.2) is 29.2 Å². The molecule has 2 aliphatic heterocycles. The second-order valence-corrected chi connectivity index (χ2v) is 9.71. The van der Waals surface area contributed by atoms with E-state index in [4.69, 9.17) is 21.4 Å². The summed E-state index contributed by atoms with van der Waals surface area (Å²) in [7, 11) is -1.20. The Labute approximate surface area is 203 Å². The van der Waals surface area contributed by atoms with E-state index in [1.807, 2.05) is 6.92 Å². The Hall–Kier alpha value is -2.36. The van der Waals surface area contributed by atoms with Crippen molar-refractivity contribution in [3.63, 3.8) is 0 Å². The summed E-state index contributed by atoms with van der Waals surface area (Å²) in [5, 5.41) is 29.7. The maximum absolute atomic E-state index is 13.4. The summed E-state index contributed by atoms with van der Waals surface area (Å²) in [5.41, 5.74) is 2.28. The number of aromatic hydroxyl groups is 1. The minimum Gasteiger partial charge on any atom is -0.508 e. The molecule has 4 atom stereocenters. The lowest BCUT2D eigenvalue weighted by molar-refractivity contribution is -0.141. The highest BCUT2D eigenvalue weighted by Crippen LogP contribution is 2.52. The monoisotopic (exact) mass is 489 g/mol. The fourth-order valence-electron chi connectivity index (χ4n) is 5.74. The van der Waals surface area contributed by atoms with Crippen molar-refractivity contribution in [2.75, 3.05) is 6.54 Å². The first-order chi connectivity index (χ1) is 16.2. The summed E-state index contributed by atoms with van der Waals surface area (Å²) in [4.78, 5) is 38.7. The number of allylic oxidation sites excluding steroid dienone is 2. The molecule has 0 unspecified atom stereocenters. The number of amides is 2. The van der Waals surface area contributed by atoms with Gasteiger partial charge in [0.2, 0.25) is 11.8 Å². The van der Waals surface area contributed by atoms with E-state index < -0.39 is 31.0 Å². The Bertz CT molecular complexity index is 1030. The number of benzene rings is 1. The Morgan fingerprint density at radius 2 is 1.97 bits per heavy atom. The van der Waals surface area contributed by atoms with Crippen molar-refractivity contribution in [3.8, 4) is 5.75 Å². The lowest BCUT2D eigenvalue weighted by Crippen LogP contribution is -2.44. The van der Waals surface area contributed by atoms with Gasteiger partial charge < -0.3 is 19.9 Å². The van der Waals surface area contributed by atoms with Gasteiger partial charge in [-0.05, 0) is 61.2 Å². The second-order valence-electron chi connectivity index (χ2n) is 9.31. The maximum Gasteiger partial charge on any atom is 0.487 e. The number of rotatable bonds is 8. The number of aliphatic carboxylic acids is 1. The molecule has 0 radical (unpaired) electrons. The average molecular weight is 490 g/mol. The number of carbonyl (C=O) groups excluding carboxylic acids is 2. The molecule has 1 aromatic carbocycles. The molecule has 182 valence electrons. The number of hydrogen-bond donors (Lipinski definition) is 3. The Balaban J connectivity index is 1.57. The molecule has 8 nitrogen and oxygen atoms in total. The minimum absolute atomic E-state index is 0.0206. The molecule has 2 fully saturated rings. The third kappa shape index (κ3) is 4.61. The predicted octanol–water partition coefficient (Wildman–Crippen LogP) is 3.50. The summed E-state index contributed by atoms with van der Waals surface area (Å²) < 4.78 is 5.92. The van der Waals surface area contributed by atoms with Crippen LogP contribution in [0.25, 0.3) is 0 Å². The largest absolute Gasteiger partial charge is 0.508 e. The summed E-state index contributed by atoms with van der Waals surface area (Å²) in [5.74, 6) is -2.61. The number of hydrogen-bond acceptors (Lipinski definition) is 6. The van der Waals surface area contributed by atoms with Gasteiger partial charge in [0, 0.05) is 18.0 Å². The Kier molecular flexibility index (Phi) is 7.35. The molecule has 0 bridgehead atoms. The molecule has 2 amide bonds. The Morgan fingerprint density at radius 3 is 2.65 bits per heavy atom. The normalized spacial score (nSPS) is 26.7. The van der Waals surface area contributed by atoms with Crippen LogP contribution in [0.1, 0.15) is 63.5 Å². The van der Waals surface area contributed by atoms with Crippen molar-refractivity contribution in [1.29, 1.82) is 0 Å². The lowest BCUT2D eigenvalue weighted by atomic mass is 9.55. The number of unbranched alkanes of at least 4 members (excludes halogenated alkanes) is 2. The number of carboxylic acid groups (broad SMARTS) is 1. The van der Waals surface area contributed by atoms with Gasteiger partial charge in [-0.2, -0.15) is 0 Å². The van der Waals surface area contributed by atoms with Gasteiger partial charge in [-0.25, -0.2) is 0 Å². The van der Waals surface area contributed by atoms with Gasteiger partial charge in [-0.1, -0.05) is 36.6 Å². The third-order valence-electron chi connectivity index (χ3n) is 7.33. The van der Waals surface area contributed by atoms with E-state index in [0.29, 0.717) is 54.6 Å². The standard InChI is InChI=1S/C24H29BClNO7/c1-2-13-10-17-21(24(32)27(23(17)31)9-5-3-4-6-20(29)30)16-12-19(34-25(33)22(13)16)15-8-7-14(28)11-18(15)26/h7-8,11,16-17,19,21,28,33H,2-6,9-10,12H2,1H3,(H,29,30)/t16-,17-,19-,21+/m0/s1. The summed E-state index contributed by atoms with van der Waals surface area (Å²) >= 11 is 6.33. The highest BCUT2D eigenvalue weighted by molar-refractivity contribution is 6.53. The molecule has 1 aliphatic carbocycles. The van der Waals surface area contributed by atoms with Gasteiger partial charge in [0.15, 0.2) is 0 Å². The first kappa shape index (κ1) is 24.8. The van der Waals surface area contributed by atoms with Gasteiger partial charge >= 0.3 is 13.1 Å². The zero-order chi connectivity index (χ0) is 24.6. The van der Waals surface area contributed by atoms with Crippen molar-refractivity contribution in [1.82, 2.24) is 4.90 Å². The molecule has 2 heterocycles.